The number of nitrogens with zero attached hydrogens (tertiary/aromatic N) is 4. The number of benzene rings is 3. The Morgan fingerprint density at radius 3 is 2.32 bits per heavy atom. The smallest absolute Gasteiger partial charge is 0.256 e. The molecule has 2 heterocycles. The number of halogens is 1. The molecule has 0 aliphatic carbocycles. The van der Waals surface area contributed by atoms with Gasteiger partial charge in [-0.2, -0.15) is 0 Å². The summed E-state index contributed by atoms with van der Waals surface area (Å²) in [6, 6.07) is 26.4. The Hall–Kier alpha value is -3.24. The normalized spacial score (nSPS) is 11.3. The van der Waals surface area contributed by atoms with Crippen LogP contribution in [0.2, 0.25) is 5.02 Å². The van der Waals surface area contributed by atoms with Gasteiger partial charge in [-0.05, 0) is 30.2 Å². The molecule has 0 N–H and O–H groups in total. The number of fused-ring (bicyclic) bond motifs is 3. The predicted octanol–water partition coefficient (Wildman–Crippen LogP) is 5.38. The highest BCUT2D eigenvalue weighted by molar-refractivity contribution is 6.31. The van der Waals surface area contributed by atoms with Gasteiger partial charge in [-0.1, -0.05) is 72.3 Å². The Bertz CT molecular complexity index is 1260. The minimum absolute atomic E-state index is 0.608. The van der Waals surface area contributed by atoms with Gasteiger partial charge in [-0.15, -0.1) is 10.2 Å². The highest BCUT2D eigenvalue weighted by atomic mass is 35.5. The minimum atomic E-state index is 0.608. The maximum absolute atomic E-state index is 6.32. The van der Waals surface area contributed by atoms with Crippen molar-refractivity contribution in [2.75, 3.05) is 0 Å². The van der Waals surface area contributed by atoms with Crippen LogP contribution < -0.4 is 0 Å². The summed E-state index contributed by atoms with van der Waals surface area (Å²) in [7, 11) is 0. The molecule has 28 heavy (non-hydrogen) atoms. The third-order valence-electron chi connectivity index (χ3n) is 4.91. The molecule has 5 heteroatoms. The van der Waals surface area contributed by atoms with Crippen molar-refractivity contribution >= 4 is 28.3 Å². The van der Waals surface area contributed by atoms with Gasteiger partial charge in [0.25, 0.3) is 5.78 Å². The highest BCUT2D eigenvalue weighted by Crippen LogP contribution is 2.30. The van der Waals surface area contributed by atoms with Crippen molar-refractivity contribution in [1.29, 1.82) is 0 Å². The molecule has 0 atom stereocenters. The van der Waals surface area contributed by atoms with Crippen LogP contribution in [-0.2, 0) is 12.8 Å². The van der Waals surface area contributed by atoms with E-state index >= 15 is 0 Å². The largest absolute Gasteiger partial charge is 0.263 e. The predicted molar refractivity (Wildman–Crippen MR) is 113 cm³/mol. The van der Waals surface area contributed by atoms with E-state index in [4.69, 9.17) is 16.6 Å². The lowest BCUT2D eigenvalue weighted by atomic mass is 10.1. The molecule has 136 valence electrons. The van der Waals surface area contributed by atoms with E-state index in [-0.39, 0.29) is 0 Å². The summed E-state index contributed by atoms with van der Waals surface area (Å²) in [5.74, 6) is 1.51. The number of aromatic nitrogens is 4. The number of rotatable bonds is 4. The SMILES string of the molecule is Clc1ccc2c(c1)c(-c1ccccc1)nc1nnc(CCc3ccccc3)n12. The molecule has 2 aromatic heterocycles. The van der Waals surface area contributed by atoms with Gasteiger partial charge in [0, 0.05) is 22.4 Å². The van der Waals surface area contributed by atoms with Gasteiger partial charge in [0.1, 0.15) is 5.82 Å². The molecule has 0 radical (unpaired) electrons. The fourth-order valence-corrected chi connectivity index (χ4v) is 3.73. The van der Waals surface area contributed by atoms with Gasteiger partial charge in [0.15, 0.2) is 0 Å². The summed E-state index contributed by atoms with van der Waals surface area (Å²) < 4.78 is 2.04. The van der Waals surface area contributed by atoms with Crippen LogP contribution in [0, 0.1) is 0 Å². The highest BCUT2D eigenvalue weighted by Gasteiger charge is 2.15. The van der Waals surface area contributed by atoms with Crippen molar-refractivity contribution in [1.82, 2.24) is 19.6 Å². The van der Waals surface area contributed by atoms with E-state index in [1.807, 2.05) is 59.0 Å². The summed E-state index contributed by atoms with van der Waals surface area (Å²) in [5, 5.41) is 10.5. The van der Waals surface area contributed by atoms with E-state index in [0.29, 0.717) is 10.8 Å². The average molecular weight is 385 g/mol. The molecule has 3 aromatic carbocycles. The lowest BCUT2D eigenvalue weighted by molar-refractivity contribution is 0.847. The zero-order chi connectivity index (χ0) is 18.9. The average Bonchev–Trinajstić information content (AvgIpc) is 3.16. The van der Waals surface area contributed by atoms with E-state index in [9.17, 15) is 0 Å². The molecule has 0 spiro atoms. The lowest BCUT2D eigenvalue weighted by Gasteiger charge is -2.10. The topological polar surface area (TPSA) is 43.1 Å². The third-order valence-corrected chi connectivity index (χ3v) is 5.14. The molecular formula is C23H17ClN4. The maximum atomic E-state index is 6.32. The number of aryl methyl sites for hydroxylation is 2. The molecule has 0 amide bonds. The van der Waals surface area contributed by atoms with Crippen LogP contribution in [0.5, 0.6) is 0 Å². The molecule has 0 aliphatic rings. The first-order chi connectivity index (χ1) is 13.8. The zero-order valence-electron chi connectivity index (χ0n) is 15.1. The molecule has 4 nitrogen and oxygen atoms in total. The Morgan fingerprint density at radius 2 is 1.54 bits per heavy atom. The first-order valence-electron chi connectivity index (χ1n) is 9.22. The fraction of sp³-hybridized carbons (Fsp3) is 0.0870. The number of hydrogen-bond acceptors (Lipinski definition) is 3. The van der Waals surface area contributed by atoms with Crippen molar-refractivity contribution in [3.8, 4) is 11.3 Å². The summed E-state index contributed by atoms with van der Waals surface area (Å²) >= 11 is 6.32. The molecule has 0 saturated carbocycles. The molecule has 5 aromatic rings. The van der Waals surface area contributed by atoms with Crippen molar-refractivity contribution in [2.45, 2.75) is 12.8 Å². The van der Waals surface area contributed by atoms with Crippen molar-refractivity contribution < 1.29 is 0 Å². The first-order valence-corrected chi connectivity index (χ1v) is 9.60. The Kier molecular flexibility index (Phi) is 4.26. The van der Waals surface area contributed by atoms with Gasteiger partial charge >= 0.3 is 0 Å². The quantitative estimate of drug-likeness (QED) is 0.417. The standard InChI is InChI=1S/C23H17ClN4/c24-18-12-13-20-19(15-18)22(17-9-5-2-6-10-17)25-23-27-26-21(28(20)23)14-11-16-7-3-1-4-8-16/h1-10,12-13,15H,11,14H2. The maximum Gasteiger partial charge on any atom is 0.256 e. The van der Waals surface area contributed by atoms with Gasteiger partial charge in [-0.25, -0.2) is 4.98 Å². The molecular weight excluding hydrogens is 368 g/mol. The van der Waals surface area contributed by atoms with Crippen LogP contribution in [0.15, 0.2) is 78.9 Å². The van der Waals surface area contributed by atoms with Crippen LogP contribution in [-0.4, -0.2) is 19.6 Å². The fourth-order valence-electron chi connectivity index (χ4n) is 3.56. The Balaban J connectivity index is 1.67. The van der Waals surface area contributed by atoms with Crippen LogP contribution in [0.25, 0.3) is 27.9 Å². The van der Waals surface area contributed by atoms with Gasteiger partial charge < -0.3 is 0 Å². The van der Waals surface area contributed by atoms with Crippen LogP contribution >= 0.6 is 11.6 Å². The van der Waals surface area contributed by atoms with Gasteiger partial charge in [-0.3, -0.25) is 4.40 Å². The van der Waals surface area contributed by atoms with Gasteiger partial charge in [0.05, 0.1) is 11.2 Å². The molecule has 0 saturated heterocycles. The second-order valence-corrected chi connectivity index (χ2v) is 7.16. The zero-order valence-corrected chi connectivity index (χ0v) is 15.8. The summed E-state index contributed by atoms with van der Waals surface area (Å²) in [6.45, 7) is 0. The summed E-state index contributed by atoms with van der Waals surface area (Å²) in [5.41, 5.74) is 4.19. The molecule has 0 bridgehead atoms. The van der Waals surface area contributed by atoms with Crippen molar-refractivity contribution in [3.05, 3.63) is 95.3 Å². The number of hydrogen-bond donors (Lipinski definition) is 0. The molecule has 5 rings (SSSR count). The Morgan fingerprint density at radius 1 is 0.786 bits per heavy atom. The van der Waals surface area contributed by atoms with E-state index in [2.05, 4.69) is 34.5 Å². The van der Waals surface area contributed by atoms with Crippen LogP contribution in [0.1, 0.15) is 11.4 Å². The summed E-state index contributed by atoms with van der Waals surface area (Å²) in [6.07, 6.45) is 1.69. The van der Waals surface area contributed by atoms with Crippen LogP contribution in [0.3, 0.4) is 0 Å². The molecule has 0 unspecified atom stereocenters. The minimum Gasteiger partial charge on any atom is -0.263 e. The third kappa shape index (κ3) is 3.02. The lowest BCUT2D eigenvalue weighted by Crippen LogP contribution is -2.02. The summed E-state index contributed by atoms with van der Waals surface area (Å²) in [4.78, 5) is 4.82. The Labute approximate surface area is 167 Å². The second kappa shape index (κ2) is 7.06. The van der Waals surface area contributed by atoms with E-state index in [1.165, 1.54) is 5.56 Å². The first kappa shape index (κ1) is 16.9. The van der Waals surface area contributed by atoms with Crippen molar-refractivity contribution in [2.24, 2.45) is 0 Å². The van der Waals surface area contributed by atoms with E-state index in [1.54, 1.807) is 0 Å². The van der Waals surface area contributed by atoms with Crippen LogP contribution in [0.4, 0.5) is 0 Å². The van der Waals surface area contributed by atoms with E-state index < -0.39 is 0 Å². The van der Waals surface area contributed by atoms with Crippen molar-refractivity contribution in [3.63, 3.8) is 0 Å². The molecule has 0 fully saturated rings. The monoisotopic (exact) mass is 384 g/mol. The van der Waals surface area contributed by atoms with Gasteiger partial charge in [0.2, 0.25) is 0 Å². The molecule has 0 aliphatic heterocycles. The van der Waals surface area contributed by atoms with E-state index in [0.717, 1.165) is 40.8 Å². The second-order valence-electron chi connectivity index (χ2n) is 6.73.